The summed E-state index contributed by atoms with van der Waals surface area (Å²) in [7, 11) is 0. The van der Waals surface area contributed by atoms with E-state index in [0.29, 0.717) is 0 Å². The zero-order chi connectivity index (χ0) is 41.9. The van der Waals surface area contributed by atoms with E-state index < -0.39 is 5.41 Å². The maximum absolute atomic E-state index is 6.50. The quantitative estimate of drug-likeness (QED) is 0.173. The van der Waals surface area contributed by atoms with Gasteiger partial charge in [-0.2, -0.15) is 0 Å². The van der Waals surface area contributed by atoms with Gasteiger partial charge in [0.25, 0.3) is 0 Å². The predicted molar refractivity (Wildman–Crippen MR) is 264 cm³/mol. The van der Waals surface area contributed by atoms with E-state index in [1.807, 2.05) is 6.07 Å². The summed E-state index contributed by atoms with van der Waals surface area (Å²) >= 11 is 0. The van der Waals surface area contributed by atoms with Crippen LogP contribution in [0.25, 0.3) is 82.8 Å². The number of fused-ring (bicyclic) bond motifs is 17. The molecule has 64 heavy (non-hydrogen) atoms. The molecule has 2 aliphatic rings. The number of hydrogen-bond donors (Lipinski definition) is 0. The molecule has 1 spiro atoms. The van der Waals surface area contributed by atoms with Crippen LogP contribution in [0.4, 0.5) is 17.1 Å². The third kappa shape index (κ3) is 4.70. The Morgan fingerprint density at radius 1 is 0.391 bits per heavy atom. The summed E-state index contributed by atoms with van der Waals surface area (Å²) in [6.45, 7) is 0. The van der Waals surface area contributed by atoms with Gasteiger partial charge in [0.05, 0.1) is 27.5 Å². The highest BCUT2D eigenvalue weighted by Crippen LogP contribution is 2.64. The van der Waals surface area contributed by atoms with Crippen LogP contribution in [0.1, 0.15) is 22.3 Å². The Hall–Kier alpha value is -8.40. The van der Waals surface area contributed by atoms with Crippen molar-refractivity contribution < 1.29 is 4.42 Å². The summed E-state index contributed by atoms with van der Waals surface area (Å²) in [6.07, 6.45) is 0. The molecule has 0 radical (unpaired) electrons. The molecule has 14 rings (SSSR count). The zero-order valence-corrected chi connectivity index (χ0v) is 34.7. The maximum atomic E-state index is 6.50. The normalized spacial score (nSPS) is 13.1. The fourth-order valence-electron chi connectivity index (χ4n) is 11.5. The van der Waals surface area contributed by atoms with Crippen LogP contribution >= 0.6 is 0 Å². The van der Waals surface area contributed by atoms with Gasteiger partial charge in [-0.25, -0.2) is 0 Å². The average molecular weight is 815 g/mol. The van der Waals surface area contributed by atoms with Gasteiger partial charge in [0.15, 0.2) is 0 Å². The molecule has 3 nitrogen and oxygen atoms in total. The molecule has 0 amide bonds. The van der Waals surface area contributed by atoms with E-state index >= 15 is 0 Å². The minimum atomic E-state index is -0.458. The van der Waals surface area contributed by atoms with E-state index in [1.165, 1.54) is 66.4 Å². The molecular weight excluding hydrogens is 777 g/mol. The number of nitrogens with zero attached hydrogens (tertiary/aromatic N) is 2. The predicted octanol–water partition coefficient (Wildman–Crippen LogP) is 16.2. The van der Waals surface area contributed by atoms with Crippen LogP contribution in [0, 0.1) is 0 Å². The Bertz CT molecular complexity index is 3790. The minimum absolute atomic E-state index is 0.458. The monoisotopic (exact) mass is 814 g/mol. The Labute approximate surface area is 370 Å². The largest absolute Gasteiger partial charge is 0.456 e. The van der Waals surface area contributed by atoms with Gasteiger partial charge in [-0.3, -0.25) is 0 Å². The van der Waals surface area contributed by atoms with Crippen molar-refractivity contribution in [3.63, 3.8) is 0 Å². The first-order valence-electron chi connectivity index (χ1n) is 22.1. The lowest BCUT2D eigenvalue weighted by atomic mass is 9.70. The molecule has 10 aromatic carbocycles. The van der Waals surface area contributed by atoms with Gasteiger partial charge < -0.3 is 13.9 Å². The summed E-state index contributed by atoms with van der Waals surface area (Å²) < 4.78 is 8.95. The number of furan rings is 1. The van der Waals surface area contributed by atoms with Crippen molar-refractivity contribution in [2.24, 2.45) is 0 Å². The van der Waals surface area contributed by atoms with E-state index in [0.717, 1.165) is 55.7 Å². The third-order valence-electron chi connectivity index (χ3n) is 14.0. The molecule has 12 aromatic rings. The van der Waals surface area contributed by atoms with Gasteiger partial charge in [0.2, 0.25) is 0 Å². The first-order valence-corrected chi connectivity index (χ1v) is 22.1. The van der Waals surface area contributed by atoms with E-state index in [2.05, 4.69) is 234 Å². The molecule has 0 fully saturated rings. The molecule has 0 N–H and O–H groups in total. The SMILES string of the molecule is c1ccc(-c2ccc(N(c3ccc4c5ccc6oc7ccccc7c6c5n(-c5ccccc5)c4c3)c3cccc4c3-c3ccccc3C43c4ccccc4-c4ccccc43)cc2)cc1. The fourth-order valence-corrected chi connectivity index (χ4v) is 11.5. The van der Waals surface area contributed by atoms with Gasteiger partial charge in [0.1, 0.15) is 11.2 Å². The van der Waals surface area contributed by atoms with Crippen LogP contribution in [0.15, 0.2) is 235 Å². The average Bonchev–Trinajstić information content (AvgIpc) is 4.09. The molecular formula is C61H38N2O. The Morgan fingerprint density at radius 3 is 1.72 bits per heavy atom. The number of benzene rings is 10. The smallest absolute Gasteiger partial charge is 0.137 e. The van der Waals surface area contributed by atoms with Crippen LogP contribution in [-0.2, 0) is 5.41 Å². The summed E-state index contributed by atoms with van der Waals surface area (Å²) in [5.41, 5.74) is 20.8. The maximum Gasteiger partial charge on any atom is 0.137 e. The summed E-state index contributed by atoms with van der Waals surface area (Å²) in [4.78, 5) is 2.49. The first-order chi connectivity index (χ1) is 31.8. The lowest BCUT2D eigenvalue weighted by Crippen LogP contribution is -2.26. The van der Waals surface area contributed by atoms with Gasteiger partial charge in [-0.1, -0.05) is 170 Å². The van der Waals surface area contributed by atoms with Crippen molar-refractivity contribution in [3.05, 3.63) is 253 Å². The molecule has 0 saturated heterocycles. The highest BCUT2D eigenvalue weighted by atomic mass is 16.3. The topological polar surface area (TPSA) is 21.3 Å². The molecule has 2 heterocycles. The number of anilines is 3. The molecule has 0 saturated carbocycles. The van der Waals surface area contributed by atoms with Gasteiger partial charge >= 0.3 is 0 Å². The van der Waals surface area contributed by atoms with Crippen molar-refractivity contribution in [1.29, 1.82) is 0 Å². The van der Waals surface area contributed by atoms with Crippen LogP contribution in [0.2, 0.25) is 0 Å². The van der Waals surface area contributed by atoms with Gasteiger partial charge in [0, 0.05) is 38.8 Å². The Balaban J connectivity index is 1.07. The Kier molecular flexibility index (Phi) is 7.32. The van der Waals surface area contributed by atoms with Gasteiger partial charge in [-0.15, -0.1) is 0 Å². The summed E-state index contributed by atoms with van der Waals surface area (Å²) in [6, 6.07) is 84.5. The van der Waals surface area contributed by atoms with Crippen molar-refractivity contribution in [3.8, 4) is 39.1 Å². The molecule has 298 valence electrons. The van der Waals surface area contributed by atoms with E-state index in [-0.39, 0.29) is 0 Å². The van der Waals surface area contributed by atoms with Crippen molar-refractivity contribution >= 4 is 60.8 Å². The van der Waals surface area contributed by atoms with E-state index in [9.17, 15) is 0 Å². The summed E-state index contributed by atoms with van der Waals surface area (Å²) in [5.74, 6) is 0. The highest BCUT2D eigenvalue weighted by molar-refractivity contribution is 6.25. The standard InChI is InChI=1S/C61H38N2O/c1-3-16-39(17-4-1)40-30-32-42(33-31-40)62(54-28-15-27-53-58(54)48-22-9-13-26-52(48)61(53)50-24-11-7-20-44(50)45-21-8-12-25-51(45)61)43-34-35-46-47-36-37-57-59(49-23-10-14-29-56(49)64-57)60(47)63(55(46)38-43)41-18-5-2-6-19-41/h1-38H. The van der Waals surface area contributed by atoms with Gasteiger partial charge in [-0.05, 0) is 111 Å². The van der Waals surface area contributed by atoms with Crippen molar-refractivity contribution in [1.82, 2.24) is 4.57 Å². The second-order valence-electron chi connectivity index (χ2n) is 17.1. The lowest BCUT2D eigenvalue weighted by molar-refractivity contribution is 0.669. The molecule has 0 bridgehead atoms. The number of para-hydroxylation sites is 2. The highest BCUT2D eigenvalue weighted by Gasteiger charge is 2.52. The second-order valence-corrected chi connectivity index (χ2v) is 17.1. The lowest BCUT2D eigenvalue weighted by Gasteiger charge is -2.32. The molecule has 2 aliphatic carbocycles. The second kappa shape index (κ2) is 13.3. The minimum Gasteiger partial charge on any atom is -0.456 e. The number of hydrogen-bond acceptors (Lipinski definition) is 2. The van der Waals surface area contributed by atoms with Crippen molar-refractivity contribution in [2.45, 2.75) is 5.41 Å². The van der Waals surface area contributed by atoms with Crippen LogP contribution < -0.4 is 4.90 Å². The molecule has 3 heteroatoms. The third-order valence-corrected chi connectivity index (χ3v) is 14.0. The molecule has 2 aromatic heterocycles. The fraction of sp³-hybridized carbons (Fsp3) is 0.0164. The van der Waals surface area contributed by atoms with Crippen LogP contribution in [-0.4, -0.2) is 4.57 Å². The summed E-state index contributed by atoms with van der Waals surface area (Å²) in [5, 5.41) is 4.63. The van der Waals surface area contributed by atoms with Crippen LogP contribution in [0.3, 0.4) is 0 Å². The number of aromatic nitrogens is 1. The van der Waals surface area contributed by atoms with E-state index in [4.69, 9.17) is 4.42 Å². The molecule has 0 unspecified atom stereocenters. The number of rotatable bonds is 5. The molecule has 0 aliphatic heterocycles. The Morgan fingerprint density at radius 2 is 0.969 bits per heavy atom. The first kappa shape index (κ1) is 35.2. The molecule has 0 atom stereocenters. The van der Waals surface area contributed by atoms with Crippen molar-refractivity contribution in [2.75, 3.05) is 4.90 Å². The van der Waals surface area contributed by atoms with E-state index in [1.54, 1.807) is 0 Å². The van der Waals surface area contributed by atoms with Crippen LogP contribution in [0.5, 0.6) is 0 Å². The zero-order valence-electron chi connectivity index (χ0n) is 34.7.